The summed E-state index contributed by atoms with van der Waals surface area (Å²) < 4.78 is 0. The first-order chi connectivity index (χ1) is 23.7. The Morgan fingerprint density at radius 1 is 0.417 bits per heavy atom. The number of hydrogen-bond acceptors (Lipinski definition) is 1. The van der Waals surface area contributed by atoms with E-state index in [1.54, 1.807) is 5.56 Å². The van der Waals surface area contributed by atoms with E-state index in [4.69, 9.17) is 0 Å². The summed E-state index contributed by atoms with van der Waals surface area (Å²) in [6.07, 6.45) is 8.76. The van der Waals surface area contributed by atoms with Crippen molar-refractivity contribution in [2.75, 3.05) is 5.32 Å². The minimum absolute atomic E-state index is 0.391. The minimum atomic E-state index is -0.391. The molecule has 0 atom stereocenters. The van der Waals surface area contributed by atoms with E-state index in [0.29, 0.717) is 5.41 Å². The largest absolute Gasteiger partial charge is 0.356 e. The zero-order valence-corrected chi connectivity index (χ0v) is 27.4. The molecule has 0 aliphatic heterocycles. The summed E-state index contributed by atoms with van der Waals surface area (Å²) >= 11 is 0. The normalized spacial score (nSPS) is 24.2. The lowest BCUT2D eigenvalue weighted by Gasteiger charge is -2.57. The molecule has 48 heavy (non-hydrogen) atoms. The molecule has 234 valence electrons. The van der Waals surface area contributed by atoms with Gasteiger partial charge in [0.25, 0.3) is 0 Å². The van der Waals surface area contributed by atoms with Crippen molar-refractivity contribution in [3.8, 4) is 22.3 Å². The lowest BCUT2D eigenvalue weighted by Crippen LogP contribution is -2.48. The van der Waals surface area contributed by atoms with Crippen LogP contribution in [0.2, 0.25) is 0 Å². The Morgan fingerprint density at radius 3 is 1.52 bits per heavy atom. The first-order valence-corrected chi connectivity index (χ1v) is 18.0. The van der Waals surface area contributed by atoms with Gasteiger partial charge in [-0.3, -0.25) is 0 Å². The maximum atomic E-state index is 3.76. The lowest BCUT2D eigenvalue weighted by molar-refractivity contribution is -0.00518. The highest BCUT2D eigenvalue weighted by Crippen LogP contribution is 2.61. The fraction of sp³-hybridized carbons (Fsp3) is 0.234. The van der Waals surface area contributed by atoms with Gasteiger partial charge in [0.15, 0.2) is 0 Å². The molecule has 4 fully saturated rings. The van der Waals surface area contributed by atoms with Crippen LogP contribution in [0.5, 0.6) is 0 Å². The highest BCUT2D eigenvalue weighted by atomic mass is 14.9. The second-order valence-corrected chi connectivity index (χ2v) is 15.3. The van der Waals surface area contributed by atoms with Crippen LogP contribution < -0.4 is 5.32 Å². The van der Waals surface area contributed by atoms with Crippen LogP contribution >= 0.6 is 0 Å². The van der Waals surface area contributed by atoms with Gasteiger partial charge in [-0.05, 0) is 136 Å². The van der Waals surface area contributed by atoms with Crippen molar-refractivity contribution in [3.63, 3.8) is 0 Å². The van der Waals surface area contributed by atoms with Crippen molar-refractivity contribution in [1.29, 1.82) is 0 Å². The topological polar surface area (TPSA) is 12.0 Å². The van der Waals surface area contributed by atoms with Crippen LogP contribution in [0.25, 0.3) is 22.3 Å². The second kappa shape index (κ2) is 10.8. The van der Waals surface area contributed by atoms with Gasteiger partial charge in [0, 0.05) is 11.4 Å². The fourth-order valence-corrected chi connectivity index (χ4v) is 10.9. The summed E-state index contributed by atoms with van der Waals surface area (Å²) in [5.41, 5.74) is 14.3. The molecule has 0 spiro atoms. The Morgan fingerprint density at radius 2 is 0.917 bits per heavy atom. The molecule has 6 aromatic carbocycles. The van der Waals surface area contributed by atoms with Crippen LogP contribution in [0.15, 0.2) is 152 Å². The SMILES string of the molecule is c1ccc(C2(c3ccccc3)c3ccccc3-c3ccc(Nc4ccc(-c5ccc(C67CC8CC(CC(C8)C6)C7)cc5)cc4)cc32)cc1. The van der Waals surface area contributed by atoms with Gasteiger partial charge in [-0.1, -0.05) is 127 Å². The number of hydrogen-bond donors (Lipinski definition) is 1. The van der Waals surface area contributed by atoms with E-state index in [0.717, 1.165) is 29.1 Å². The average Bonchev–Trinajstić information content (AvgIpc) is 3.43. The molecule has 1 nitrogen and oxygen atoms in total. The summed E-state index contributed by atoms with van der Waals surface area (Å²) in [4.78, 5) is 0. The fourth-order valence-electron chi connectivity index (χ4n) is 10.9. The van der Waals surface area contributed by atoms with E-state index >= 15 is 0 Å². The molecule has 11 rings (SSSR count). The van der Waals surface area contributed by atoms with Crippen molar-refractivity contribution in [1.82, 2.24) is 0 Å². The predicted octanol–water partition coefficient (Wildman–Crippen LogP) is 11.9. The molecule has 6 aromatic rings. The number of benzene rings is 6. The van der Waals surface area contributed by atoms with Gasteiger partial charge in [0.1, 0.15) is 0 Å². The molecular formula is C47H41N. The van der Waals surface area contributed by atoms with Crippen LogP contribution in [-0.2, 0) is 10.8 Å². The molecule has 0 saturated heterocycles. The van der Waals surface area contributed by atoms with Gasteiger partial charge >= 0.3 is 0 Å². The molecular weight excluding hydrogens is 579 g/mol. The van der Waals surface area contributed by atoms with Gasteiger partial charge in [-0.25, -0.2) is 0 Å². The number of nitrogens with one attached hydrogen (secondary N) is 1. The number of fused-ring (bicyclic) bond motifs is 3. The quantitative estimate of drug-likeness (QED) is 0.195. The summed E-state index contributed by atoms with van der Waals surface area (Å²) in [6.45, 7) is 0. The molecule has 4 bridgehead atoms. The van der Waals surface area contributed by atoms with E-state index in [2.05, 4.69) is 157 Å². The molecule has 1 N–H and O–H groups in total. The first-order valence-electron chi connectivity index (χ1n) is 18.0. The van der Waals surface area contributed by atoms with E-state index in [9.17, 15) is 0 Å². The van der Waals surface area contributed by atoms with Gasteiger partial charge in [0.05, 0.1) is 5.41 Å². The smallest absolute Gasteiger partial charge is 0.0714 e. The molecule has 5 aliphatic rings. The zero-order chi connectivity index (χ0) is 31.7. The first kappa shape index (κ1) is 28.2. The van der Waals surface area contributed by atoms with Crippen LogP contribution in [0.3, 0.4) is 0 Å². The Labute approximate surface area is 284 Å². The van der Waals surface area contributed by atoms with Crippen molar-refractivity contribution < 1.29 is 0 Å². The molecule has 5 aliphatic carbocycles. The van der Waals surface area contributed by atoms with Crippen LogP contribution in [0.4, 0.5) is 11.4 Å². The molecule has 1 heteroatoms. The summed E-state index contributed by atoms with van der Waals surface area (Å²) in [7, 11) is 0. The standard InChI is InChI=1S/C47H41N/c1-3-9-38(10-4-1)47(39-11-5-2-6-12-39)44-14-8-7-13-42(44)43-24-23-41(28-45(43)47)48-40-21-17-36(18-22-40)35-15-19-37(20-16-35)46-29-32-25-33(30-46)27-34(26-32)31-46/h1-24,28,32-34,48H,25-27,29-31H2. The predicted molar refractivity (Wildman–Crippen MR) is 199 cm³/mol. The third-order valence-electron chi connectivity index (χ3n) is 12.5. The maximum Gasteiger partial charge on any atom is 0.0714 e. The zero-order valence-electron chi connectivity index (χ0n) is 27.4. The van der Waals surface area contributed by atoms with Gasteiger partial charge < -0.3 is 5.32 Å². The molecule has 0 aromatic heterocycles. The van der Waals surface area contributed by atoms with Crippen LogP contribution in [0, 0.1) is 17.8 Å². The van der Waals surface area contributed by atoms with Crippen molar-refractivity contribution in [2.45, 2.75) is 49.4 Å². The summed E-state index contributed by atoms with van der Waals surface area (Å²) in [6, 6.07) is 56.6. The van der Waals surface area contributed by atoms with E-state index in [-0.39, 0.29) is 0 Å². The second-order valence-electron chi connectivity index (χ2n) is 15.3. The molecule has 0 radical (unpaired) electrons. The Hall–Kier alpha value is -4.88. The third kappa shape index (κ3) is 4.30. The molecule has 0 heterocycles. The van der Waals surface area contributed by atoms with Crippen molar-refractivity contribution in [2.24, 2.45) is 17.8 Å². The number of rotatable bonds is 6. The Balaban J connectivity index is 0.964. The van der Waals surface area contributed by atoms with Gasteiger partial charge in [-0.15, -0.1) is 0 Å². The van der Waals surface area contributed by atoms with Crippen molar-refractivity contribution in [3.05, 3.63) is 179 Å². The van der Waals surface area contributed by atoms with Gasteiger partial charge in [0.2, 0.25) is 0 Å². The molecule has 0 unspecified atom stereocenters. The lowest BCUT2D eigenvalue weighted by atomic mass is 9.48. The third-order valence-corrected chi connectivity index (χ3v) is 12.5. The van der Waals surface area contributed by atoms with Gasteiger partial charge in [-0.2, -0.15) is 0 Å². The highest BCUT2D eigenvalue weighted by Gasteiger charge is 2.51. The Kier molecular flexibility index (Phi) is 6.35. The number of anilines is 2. The maximum absolute atomic E-state index is 3.76. The van der Waals surface area contributed by atoms with Crippen LogP contribution in [-0.4, -0.2) is 0 Å². The van der Waals surface area contributed by atoms with E-state index in [1.165, 1.54) is 83.0 Å². The minimum Gasteiger partial charge on any atom is -0.356 e. The average molecular weight is 620 g/mol. The van der Waals surface area contributed by atoms with Crippen LogP contribution in [0.1, 0.15) is 66.3 Å². The monoisotopic (exact) mass is 619 g/mol. The van der Waals surface area contributed by atoms with E-state index < -0.39 is 5.41 Å². The Bertz CT molecular complexity index is 2030. The van der Waals surface area contributed by atoms with E-state index in [1.807, 2.05) is 0 Å². The molecule has 4 saturated carbocycles. The summed E-state index contributed by atoms with van der Waals surface area (Å²) in [5, 5.41) is 3.76. The highest BCUT2D eigenvalue weighted by molar-refractivity contribution is 5.88. The molecule has 0 amide bonds. The summed E-state index contributed by atoms with van der Waals surface area (Å²) in [5.74, 6) is 2.93. The van der Waals surface area contributed by atoms with Crippen molar-refractivity contribution >= 4 is 11.4 Å².